The van der Waals surface area contributed by atoms with E-state index in [1.54, 1.807) is 0 Å². The Balaban J connectivity index is 1.55. The maximum absolute atomic E-state index is 12.7. The number of nitrogens with one attached hydrogen (secondary N) is 1. The largest absolute Gasteiger partial charge is 0.490 e. The third-order valence-electron chi connectivity index (χ3n) is 5.62. The fourth-order valence-corrected chi connectivity index (χ4v) is 4.19. The predicted molar refractivity (Wildman–Crippen MR) is 103 cm³/mol. The van der Waals surface area contributed by atoms with Crippen LogP contribution in [0.1, 0.15) is 38.7 Å². The molecule has 5 heteroatoms. The summed E-state index contributed by atoms with van der Waals surface area (Å²) in [5, 5.41) is 3.46. The molecule has 0 aliphatic carbocycles. The summed E-state index contributed by atoms with van der Waals surface area (Å²) >= 11 is 0. The minimum absolute atomic E-state index is 0.222. The molecule has 2 aliphatic heterocycles. The summed E-state index contributed by atoms with van der Waals surface area (Å²) in [5.74, 6) is 3.29. The molecule has 1 atom stereocenters. The Labute approximate surface area is 157 Å². The number of amides is 1. The van der Waals surface area contributed by atoms with Gasteiger partial charge in [0.05, 0.1) is 19.6 Å². The number of nitrogens with zero attached hydrogens (tertiary/aromatic N) is 1. The van der Waals surface area contributed by atoms with Crippen LogP contribution in [0.5, 0.6) is 11.5 Å². The highest BCUT2D eigenvalue weighted by atomic mass is 16.5. The van der Waals surface area contributed by atoms with E-state index in [2.05, 4.69) is 5.32 Å². The molecule has 0 bridgehead atoms. The van der Waals surface area contributed by atoms with E-state index in [1.165, 1.54) is 6.42 Å². The lowest BCUT2D eigenvalue weighted by atomic mass is 9.83. The molecular weight excluding hydrogens is 328 g/mol. The molecule has 3 rings (SSSR count). The molecule has 1 amide bonds. The summed E-state index contributed by atoms with van der Waals surface area (Å²) in [6.45, 7) is 9.21. The second-order valence-corrected chi connectivity index (χ2v) is 7.29. The minimum Gasteiger partial charge on any atom is -0.490 e. The van der Waals surface area contributed by atoms with E-state index in [0.717, 1.165) is 67.9 Å². The van der Waals surface area contributed by atoms with Crippen molar-refractivity contribution in [1.82, 2.24) is 10.2 Å². The van der Waals surface area contributed by atoms with E-state index in [4.69, 9.17) is 9.47 Å². The highest BCUT2D eigenvalue weighted by Gasteiger charge is 2.30. The summed E-state index contributed by atoms with van der Waals surface area (Å²) in [6.07, 6.45) is 4.02. The molecule has 2 saturated heterocycles. The molecule has 0 saturated carbocycles. The standard InChI is InChI=1S/C21H32N2O3/c1-3-25-19-6-5-16(13-20(19)26-4-2)14-21(24)23-11-8-17(9-12-23)18-7-10-22-15-18/h5-6,13,17-18,22H,3-4,7-12,14-15H2,1-2H3. The maximum atomic E-state index is 12.7. The van der Waals surface area contributed by atoms with Crippen molar-refractivity contribution in [2.24, 2.45) is 11.8 Å². The molecule has 1 aromatic rings. The number of carbonyl (C=O) groups excluding carboxylic acids is 1. The molecule has 1 aromatic carbocycles. The first kappa shape index (κ1) is 19.0. The van der Waals surface area contributed by atoms with Gasteiger partial charge in [-0.2, -0.15) is 0 Å². The van der Waals surface area contributed by atoms with E-state index in [9.17, 15) is 4.79 Å². The van der Waals surface area contributed by atoms with Gasteiger partial charge in [0.2, 0.25) is 5.91 Å². The van der Waals surface area contributed by atoms with Crippen molar-refractivity contribution in [3.05, 3.63) is 23.8 Å². The molecule has 0 radical (unpaired) electrons. The van der Waals surface area contributed by atoms with Crippen LogP contribution in [-0.2, 0) is 11.2 Å². The van der Waals surface area contributed by atoms with Gasteiger partial charge in [0.25, 0.3) is 0 Å². The number of carbonyl (C=O) groups is 1. The van der Waals surface area contributed by atoms with Crippen LogP contribution in [-0.4, -0.2) is 50.2 Å². The molecular formula is C21H32N2O3. The van der Waals surface area contributed by atoms with Crippen LogP contribution in [0.25, 0.3) is 0 Å². The number of ether oxygens (including phenoxy) is 2. The van der Waals surface area contributed by atoms with Gasteiger partial charge in [0.1, 0.15) is 0 Å². The molecule has 1 unspecified atom stereocenters. The summed E-state index contributed by atoms with van der Waals surface area (Å²) < 4.78 is 11.3. The van der Waals surface area contributed by atoms with E-state index < -0.39 is 0 Å². The van der Waals surface area contributed by atoms with Gasteiger partial charge >= 0.3 is 0 Å². The molecule has 26 heavy (non-hydrogen) atoms. The first-order chi connectivity index (χ1) is 12.7. The Morgan fingerprint density at radius 3 is 2.46 bits per heavy atom. The van der Waals surface area contributed by atoms with Crippen LogP contribution >= 0.6 is 0 Å². The summed E-state index contributed by atoms with van der Waals surface area (Å²) in [7, 11) is 0. The Kier molecular flexibility index (Phi) is 6.78. The van der Waals surface area contributed by atoms with Crippen LogP contribution in [0.2, 0.25) is 0 Å². The number of hydrogen-bond acceptors (Lipinski definition) is 4. The smallest absolute Gasteiger partial charge is 0.226 e. The number of hydrogen-bond donors (Lipinski definition) is 1. The fourth-order valence-electron chi connectivity index (χ4n) is 4.19. The highest BCUT2D eigenvalue weighted by molar-refractivity contribution is 5.79. The average molecular weight is 360 g/mol. The van der Waals surface area contributed by atoms with Crippen LogP contribution in [0.15, 0.2) is 18.2 Å². The molecule has 0 aromatic heterocycles. The van der Waals surface area contributed by atoms with Crippen molar-refractivity contribution in [2.75, 3.05) is 39.4 Å². The Morgan fingerprint density at radius 1 is 1.08 bits per heavy atom. The zero-order valence-electron chi connectivity index (χ0n) is 16.1. The van der Waals surface area contributed by atoms with Crippen LogP contribution in [0.4, 0.5) is 0 Å². The van der Waals surface area contributed by atoms with Gasteiger partial charge in [0, 0.05) is 13.1 Å². The number of likely N-dealkylation sites (tertiary alicyclic amines) is 1. The SMILES string of the molecule is CCOc1ccc(CC(=O)N2CCC(C3CCNC3)CC2)cc1OCC. The zero-order valence-corrected chi connectivity index (χ0v) is 16.1. The minimum atomic E-state index is 0.222. The van der Waals surface area contributed by atoms with E-state index in [0.29, 0.717) is 19.6 Å². The lowest BCUT2D eigenvalue weighted by molar-refractivity contribution is -0.132. The fraction of sp³-hybridized carbons (Fsp3) is 0.667. The van der Waals surface area contributed by atoms with Crippen molar-refractivity contribution >= 4 is 5.91 Å². The Bertz CT molecular complexity index is 591. The van der Waals surface area contributed by atoms with Crippen molar-refractivity contribution in [1.29, 1.82) is 0 Å². The van der Waals surface area contributed by atoms with Gasteiger partial charge in [-0.3, -0.25) is 4.79 Å². The molecule has 0 spiro atoms. The van der Waals surface area contributed by atoms with Gasteiger partial charge in [-0.25, -0.2) is 0 Å². The van der Waals surface area contributed by atoms with Crippen LogP contribution in [0, 0.1) is 11.8 Å². The summed E-state index contributed by atoms with van der Waals surface area (Å²) in [5.41, 5.74) is 0.990. The van der Waals surface area contributed by atoms with Crippen molar-refractivity contribution in [2.45, 2.75) is 39.5 Å². The number of benzene rings is 1. The van der Waals surface area contributed by atoms with Gasteiger partial charge in [0.15, 0.2) is 11.5 Å². The lowest BCUT2D eigenvalue weighted by Gasteiger charge is -2.34. The molecule has 2 aliphatic rings. The topological polar surface area (TPSA) is 50.8 Å². The second kappa shape index (κ2) is 9.26. The van der Waals surface area contributed by atoms with Gasteiger partial charge in [-0.15, -0.1) is 0 Å². The number of rotatable bonds is 7. The Morgan fingerprint density at radius 2 is 1.81 bits per heavy atom. The average Bonchev–Trinajstić information content (AvgIpc) is 3.19. The van der Waals surface area contributed by atoms with E-state index >= 15 is 0 Å². The van der Waals surface area contributed by atoms with Gasteiger partial charge < -0.3 is 19.7 Å². The third-order valence-corrected chi connectivity index (χ3v) is 5.62. The lowest BCUT2D eigenvalue weighted by Crippen LogP contribution is -2.41. The molecule has 1 N–H and O–H groups in total. The second-order valence-electron chi connectivity index (χ2n) is 7.29. The Hall–Kier alpha value is -1.75. The molecule has 2 heterocycles. The quantitative estimate of drug-likeness (QED) is 0.812. The molecule has 144 valence electrons. The van der Waals surface area contributed by atoms with Crippen molar-refractivity contribution in [3.63, 3.8) is 0 Å². The van der Waals surface area contributed by atoms with E-state index in [1.807, 2.05) is 36.9 Å². The predicted octanol–water partition coefficient (Wildman–Crippen LogP) is 2.87. The summed E-state index contributed by atoms with van der Waals surface area (Å²) in [4.78, 5) is 14.8. The normalized spacial score (nSPS) is 21.0. The van der Waals surface area contributed by atoms with Crippen LogP contribution < -0.4 is 14.8 Å². The first-order valence-corrected chi connectivity index (χ1v) is 10.1. The molecule has 2 fully saturated rings. The van der Waals surface area contributed by atoms with E-state index in [-0.39, 0.29) is 5.91 Å². The monoisotopic (exact) mass is 360 g/mol. The third kappa shape index (κ3) is 4.70. The maximum Gasteiger partial charge on any atom is 0.226 e. The zero-order chi connectivity index (χ0) is 18.4. The van der Waals surface area contributed by atoms with Crippen LogP contribution in [0.3, 0.4) is 0 Å². The number of piperidine rings is 1. The molecule has 5 nitrogen and oxygen atoms in total. The first-order valence-electron chi connectivity index (χ1n) is 10.1. The highest BCUT2D eigenvalue weighted by Crippen LogP contribution is 2.31. The van der Waals surface area contributed by atoms with Crippen molar-refractivity contribution in [3.8, 4) is 11.5 Å². The summed E-state index contributed by atoms with van der Waals surface area (Å²) in [6, 6.07) is 5.84. The van der Waals surface area contributed by atoms with Gasteiger partial charge in [-0.1, -0.05) is 6.07 Å². The van der Waals surface area contributed by atoms with Crippen molar-refractivity contribution < 1.29 is 14.3 Å². The van der Waals surface area contributed by atoms with Gasteiger partial charge in [-0.05, 0) is 75.7 Å².